The van der Waals surface area contributed by atoms with Crippen LogP contribution in [0.15, 0.2) is 90.5 Å². The minimum Gasteiger partial charge on any atom is -0.377 e. The Morgan fingerprint density at radius 2 is 1.68 bits per heavy atom. The average molecular weight is 481 g/mol. The van der Waals surface area contributed by atoms with E-state index in [0.717, 1.165) is 56.9 Å². The number of benzene rings is 2. The molecular weight excluding hydrogens is 452 g/mol. The zero-order valence-electron chi connectivity index (χ0n) is 21.0. The van der Waals surface area contributed by atoms with Gasteiger partial charge >= 0.3 is 0 Å². The number of rotatable bonds is 3. The molecule has 4 aromatic rings. The van der Waals surface area contributed by atoms with Crippen molar-refractivity contribution < 1.29 is 0 Å². The van der Waals surface area contributed by atoms with Crippen molar-refractivity contribution in [1.82, 2.24) is 15.3 Å². The fourth-order valence-corrected chi connectivity index (χ4v) is 5.43. The Kier molecular flexibility index (Phi) is 5.07. The molecule has 2 atom stereocenters. The topological polar surface area (TPSA) is 49.8 Å². The smallest absolute Gasteiger partial charge is 0.0947 e. The van der Waals surface area contributed by atoms with E-state index in [-0.39, 0.29) is 12.1 Å². The van der Waals surface area contributed by atoms with Crippen LogP contribution >= 0.6 is 0 Å². The molecule has 180 valence electrons. The molecule has 3 aliphatic rings. The summed E-state index contributed by atoms with van der Waals surface area (Å²) in [5, 5.41) is 8.52. The molecule has 4 heteroatoms. The van der Waals surface area contributed by atoms with Gasteiger partial charge in [-0.15, -0.1) is 0 Å². The zero-order valence-corrected chi connectivity index (χ0v) is 21.0. The number of nitrogens with zero attached hydrogens (tertiary/aromatic N) is 2. The summed E-state index contributed by atoms with van der Waals surface area (Å²) in [6.45, 7) is 4.31. The fraction of sp³-hybridized carbons (Fsp3) is 0.152. The third kappa shape index (κ3) is 3.77. The van der Waals surface area contributed by atoms with Crippen molar-refractivity contribution >= 4 is 34.4 Å². The molecule has 0 saturated carbocycles. The highest BCUT2D eigenvalue weighted by Crippen LogP contribution is 2.37. The number of pyridine rings is 2. The van der Waals surface area contributed by atoms with E-state index in [9.17, 15) is 0 Å². The van der Waals surface area contributed by atoms with Crippen molar-refractivity contribution in [2.24, 2.45) is 0 Å². The first kappa shape index (κ1) is 21.8. The summed E-state index contributed by atoms with van der Waals surface area (Å²) in [6.07, 6.45) is 14.0. The maximum atomic E-state index is 5.13. The number of hydrogen-bond donors (Lipinski definition) is 2. The molecule has 37 heavy (non-hydrogen) atoms. The molecule has 2 unspecified atom stereocenters. The number of anilines is 1. The van der Waals surface area contributed by atoms with Gasteiger partial charge in [0.05, 0.1) is 28.6 Å². The van der Waals surface area contributed by atoms with Gasteiger partial charge in [-0.1, -0.05) is 79.8 Å². The van der Waals surface area contributed by atoms with Gasteiger partial charge in [0.25, 0.3) is 0 Å². The van der Waals surface area contributed by atoms with Crippen LogP contribution in [-0.4, -0.2) is 16.0 Å². The Labute approximate surface area is 217 Å². The predicted octanol–water partition coefficient (Wildman–Crippen LogP) is 7.33. The highest BCUT2D eigenvalue weighted by Gasteiger charge is 2.26. The highest BCUT2D eigenvalue weighted by atomic mass is 15.0. The lowest BCUT2D eigenvalue weighted by atomic mass is 9.89. The molecule has 0 bridgehead atoms. The van der Waals surface area contributed by atoms with Crippen LogP contribution in [0.25, 0.3) is 40.0 Å². The van der Waals surface area contributed by atoms with Gasteiger partial charge in [0.2, 0.25) is 0 Å². The molecule has 4 nitrogen and oxygen atoms in total. The number of aryl methyl sites for hydroxylation is 1. The van der Waals surface area contributed by atoms with Gasteiger partial charge in [-0.3, -0.25) is 4.98 Å². The van der Waals surface area contributed by atoms with Crippen molar-refractivity contribution in [2.45, 2.75) is 32.4 Å². The summed E-state index contributed by atoms with van der Waals surface area (Å²) >= 11 is 0. The van der Waals surface area contributed by atoms with E-state index in [1.54, 1.807) is 0 Å². The van der Waals surface area contributed by atoms with Crippen LogP contribution in [-0.2, 0) is 6.42 Å². The first-order valence-corrected chi connectivity index (χ1v) is 13.0. The normalized spacial score (nSPS) is 19.2. The summed E-state index contributed by atoms with van der Waals surface area (Å²) in [4.78, 5) is 10.1. The molecule has 7 rings (SSSR count). The minimum absolute atomic E-state index is 0.0570. The summed E-state index contributed by atoms with van der Waals surface area (Å²) in [5.41, 5.74) is 12.3. The maximum absolute atomic E-state index is 5.13. The standard InChI is InChI=1S/C33H28N4/c1-3-27-16-13-22-10-12-24-15-18-29(37-33(24)31(22)35-27)26-6-4-5-25(19-26)28-17-14-23-11-9-21-8-7-20(2)34-30(21)32(23)36-28/h4-20,33-34,37H,3H2,1-2H3. The molecule has 2 N–H and O–H groups in total. The molecule has 2 aromatic heterocycles. The van der Waals surface area contributed by atoms with Crippen molar-refractivity contribution in [3.8, 4) is 11.3 Å². The van der Waals surface area contributed by atoms with Crippen molar-refractivity contribution in [1.29, 1.82) is 0 Å². The van der Waals surface area contributed by atoms with Gasteiger partial charge in [0.1, 0.15) is 0 Å². The summed E-state index contributed by atoms with van der Waals surface area (Å²) in [5.74, 6) is 0. The number of allylic oxidation sites excluding steroid dienone is 2. The number of nitrogens with one attached hydrogen (secondary N) is 2. The predicted molar refractivity (Wildman–Crippen MR) is 154 cm³/mol. The lowest BCUT2D eigenvalue weighted by Crippen LogP contribution is -2.27. The van der Waals surface area contributed by atoms with Gasteiger partial charge in [-0.2, -0.15) is 0 Å². The van der Waals surface area contributed by atoms with E-state index in [4.69, 9.17) is 9.97 Å². The van der Waals surface area contributed by atoms with E-state index in [0.29, 0.717) is 0 Å². The third-order valence-electron chi connectivity index (χ3n) is 7.48. The largest absolute Gasteiger partial charge is 0.377 e. The van der Waals surface area contributed by atoms with Crippen LogP contribution in [0.2, 0.25) is 0 Å². The van der Waals surface area contributed by atoms with Crippen LogP contribution in [0.4, 0.5) is 5.69 Å². The van der Waals surface area contributed by atoms with Crippen LogP contribution in [0.5, 0.6) is 0 Å². The first-order valence-electron chi connectivity index (χ1n) is 13.0. The second kappa shape index (κ2) is 8.59. The van der Waals surface area contributed by atoms with Crippen molar-refractivity contribution in [3.05, 3.63) is 119 Å². The Bertz CT molecular complexity index is 1690. The minimum atomic E-state index is 0.0570. The highest BCUT2D eigenvalue weighted by molar-refractivity contribution is 5.97. The van der Waals surface area contributed by atoms with E-state index in [2.05, 4.69) is 122 Å². The van der Waals surface area contributed by atoms with E-state index >= 15 is 0 Å². The third-order valence-corrected chi connectivity index (χ3v) is 7.48. The Balaban J connectivity index is 1.25. The molecule has 0 radical (unpaired) electrons. The van der Waals surface area contributed by atoms with Crippen LogP contribution in [0, 0.1) is 0 Å². The van der Waals surface area contributed by atoms with Gasteiger partial charge < -0.3 is 10.6 Å². The van der Waals surface area contributed by atoms with Gasteiger partial charge in [0.15, 0.2) is 0 Å². The SMILES string of the molecule is CCc1ccc2c(n1)C1NC(c3cccc(-c4ccc5ccc6c(c5n4)NC(C)C=C6)c3)=CC=C1C=C2. The molecule has 0 fully saturated rings. The number of aromatic nitrogens is 2. The zero-order chi connectivity index (χ0) is 24.9. The summed E-state index contributed by atoms with van der Waals surface area (Å²) in [7, 11) is 0. The number of dihydropyridines is 1. The van der Waals surface area contributed by atoms with Crippen LogP contribution in [0.1, 0.15) is 48.0 Å². The molecule has 1 aliphatic carbocycles. The van der Waals surface area contributed by atoms with Gasteiger partial charge in [0, 0.05) is 28.4 Å². The Morgan fingerprint density at radius 1 is 0.811 bits per heavy atom. The Hall–Kier alpha value is -4.44. The lowest BCUT2D eigenvalue weighted by Gasteiger charge is -2.30. The second-order valence-electron chi connectivity index (χ2n) is 9.96. The number of hydrogen-bond acceptors (Lipinski definition) is 4. The van der Waals surface area contributed by atoms with E-state index in [1.165, 1.54) is 16.7 Å². The molecule has 4 heterocycles. The molecular formula is C33H28N4. The van der Waals surface area contributed by atoms with Gasteiger partial charge in [-0.25, -0.2) is 4.98 Å². The molecule has 2 aliphatic heterocycles. The number of fused-ring (bicyclic) bond motifs is 6. The summed E-state index contributed by atoms with van der Waals surface area (Å²) in [6, 6.07) is 21.9. The molecule has 0 saturated heterocycles. The summed E-state index contributed by atoms with van der Waals surface area (Å²) < 4.78 is 0. The molecule has 0 spiro atoms. The molecule has 2 aromatic carbocycles. The van der Waals surface area contributed by atoms with Crippen LogP contribution < -0.4 is 10.6 Å². The monoisotopic (exact) mass is 480 g/mol. The maximum Gasteiger partial charge on any atom is 0.0947 e. The van der Waals surface area contributed by atoms with Crippen molar-refractivity contribution in [3.63, 3.8) is 0 Å². The molecule has 0 amide bonds. The second-order valence-corrected chi connectivity index (χ2v) is 9.96. The average Bonchev–Trinajstić information content (AvgIpc) is 2.96. The van der Waals surface area contributed by atoms with Gasteiger partial charge in [-0.05, 0) is 59.9 Å². The van der Waals surface area contributed by atoms with Crippen molar-refractivity contribution in [2.75, 3.05) is 5.32 Å². The van der Waals surface area contributed by atoms with E-state index < -0.39 is 0 Å². The quantitative estimate of drug-likeness (QED) is 0.322. The van der Waals surface area contributed by atoms with E-state index in [1.807, 2.05) is 0 Å². The first-order chi connectivity index (χ1) is 18.2. The Morgan fingerprint density at radius 3 is 2.59 bits per heavy atom. The lowest BCUT2D eigenvalue weighted by molar-refractivity contribution is 0.698. The fourth-order valence-electron chi connectivity index (χ4n) is 5.43. The van der Waals surface area contributed by atoms with Crippen LogP contribution in [0.3, 0.4) is 0 Å².